The van der Waals surface area contributed by atoms with Gasteiger partial charge in [-0.25, -0.2) is 8.78 Å². The fourth-order valence-corrected chi connectivity index (χ4v) is 2.93. The highest BCUT2D eigenvalue weighted by atomic mass is 19.1. The zero-order valence-electron chi connectivity index (χ0n) is 14.8. The van der Waals surface area contributed by atoms with Crippen molar-refractivity contribution in [2.24, 2.45) is 0 Å². The lowest BCUT2D eigenvalue weighted by atomic mass is 10.1. The molecule has 0 bridgehead atoms. The Morgan fingerprint density at radius 3 is 2.54 bits per heavy atom. The maximum absolute atomic E-state index is 13.7. The molecule has 0 radical (unpaired) electrons. The summed E-state index contributed by atoms with van der Waals surface area (Å²) in [5.41, 5.74) is 2.23. The Morgan fingerprint density at radius 1 is 0.964 bits per heavy atom. The van der Waals surface area contributed by atoms with Crippen molar-refractivity contribution in [3.63, 3.8) is 0 Å². The van der Waals surface area contributed by atoms with Crippen molar-refractivity contribution in [2.45, 2.75) is 6.42 Å². The van der Waals surface area contributed by atoms with Crippen LogP contribution in [0.1, 0.15) is 15.9 Å². The van der Waals surface area contributed by atoms with Crippen LogP contribution in [0.5, 0.6) is 0 Å². The normalized spacial score (nSPS) is 10.9. The minimum atomic E-state index is -0.340. The molecule has 0 saturated carbocycles. The zero-order valence-corrected chi connectivity index (χ0v) is 14.8. The van der Waals surface area contributed by atoms with E-state index >= 15 is 0 Å². The molecule has 4 aromatic rings. The molecule has 1 N–H and O–H groups in total. The number of aromatic nitrogens is 3. The summed E-state index contributed by atoms with van der Waals surface area (Å²) < 4.78 is 28.5. The Bertz CT molecular complexity index is 1140. The first-order chi connectivity index (χ1) is 13.6. The maximum atomic E-state index is 13.7. The van der Waals surface area contributed by atoms with Crippen molar-refractivity contribution in [3.05, 3.63) is 89.6 Å². The summed E-state index contributed by atoms with van der Waals surface area (Å²) in [5, 5.41) is 11.0. The molecule has 2 heterocycles. The van der Waals surface area contributed by atoms with Gasteiger partial charge in [0.2, 0.25) is 0 Å². The van der Waals surface area contributed by atoms with E-state index in [2.05, 4.69) is 15.5 Å². The van der Waals surface area contributed by atoms with Crippen LogP contribution in [0.2, 0.25) is 0 Å². The molecule has 7 heteroatoms. The van der Waals surface area contributed by atoms with Gasteiger partial charge in [-0.05, 0) is 54.4 Å². The van der Waals surface area contributed by atoms with Gasteiger partial charge in [0.1, 0.15) is 11.6 Å². The van der Waals surface area contributed by atoms with E-state index in [0.29, 0.717) is 41.1 Å². The number of hydrogen-bond donors (Lipinski definition) is 1. The van der Waals surface area contributed by atoms with Gasteiger partial charge < -0.3 is 5.32 Å². The number of carbonyl (C=O) groups is 1. The largest absolute Gasteiger partial charge is 0.352 e. The second kappa shape index (κ2) is 7.56. The second-order valence-corrected chi connectivity index (χ2v) is 6.27. The number of nitrogens with zero attached hydrogens (tertiary/aromatic N) is 3. The average molecular weight is 378 g/mol. The van der Waals surface area contributed by atoms with Crippen molar-refractivity contribution < 1.29 is 13.6 Å². The van der Waals surface area contributed by atoms with E-state index < -0.39 is 0 Å². The predicted octanol–water partition coefficient (Wildman–Crippen LogP) is 3.65. The van der Waals surface area contributed by atoms with Gasteiger partial charge in [-0.2, -0.15) is 0 Å². The van der Waals surface area contributed by atoms with Gasteiger partial charge in [0.25, 0.3) is 5.91 Å². The van der Waals surface area contributed by atoms with Crippen LogP contribution in [0.4, 0.5) is 8.78 Å². The van der Waals surface area contributed by atoms with Gasteiger partial charge in [0.05, 0.1) is 5.56 Å². The summed E-state index contributed by atoms with van der Waals surface area (Å²) in [5.74, 6) is -0.396. The molecule has 1 amide bonds. The summed E-state index contributed by atoms with van der Waals surface area (Å²) >= 11 is 0. The molecule has 0 aliphatic rings. The molecule has 0 atom stereocenters. The van der Waals surface area contributed by atoms with Crippen molar-refractivity contribution >= 4 is 11.6 Å². The molecular formula is C21H16F2N4O. The first-order valence-electron chi connectivity index (χ1n) is 8.74. The fourth-order valence-electron chi connectivity index (χ4n) is 2.93. The quantitative estimate of drug-likeness (QED) is 0.577. The molecule has 0 fully saturated rings. The molecule has 2 aromatic heterocycles. The minimum absolute atomic E-state index is 0.281. The van der Waals surface area contributed by atoms with E-state index in [1.165, 1.54) is 18.2 Å². The van der Waals surface area contributed by atoms with Crippen LogP contribution in [-0.2, 0) is 6.42 Å². The molecule has 0 aliphatic carbocycles. The lowest BCUT2D eigenvalue weighted by molar-refractivity contribution is 0.0953. The van der Waals surface area contributed by atoms with Crippen LogP contribution in [0, 0.1) is 11.6 Å². The van der Waals surface area contributed by atoms with Crippen molar-refractivity contribution in [1.82, 2.24) is 19.9 Å². The van der Waals surface area contributed by atoms with E-state index in [1.54, 1.807) is 53.1 Å². The summed E-state index contributed by atoms with van der Waals surface area (Å²) in [6.45, 7) is 0.310. The van der Waals surface area contributed by atoms with Crippen molar-refractivity contribution in [1.29, 1.82) is 0 Å². The monoisotopic (exact) mass is 378 g/mol. The van der Waals surface area contributed by atoms with E-state index in [1.807, 2.05) is 0 Å². The minimum Gasteiger partial charge on any atom is -0.352 e. The van der Waals surface area contributed by atoms with Crippen LogP contribution in [0.15, 0.2) is 66.9 Å². The number of benzene rings is 2. The Hall–Kier alpha value is -3.61. The second-order valence-electron chi connectivity index (χ2n) is 6.27. The number of halogens is 2. The average Bonchev–Trinajstić information content (AvgIpc) is 3.13. The summed E-state index contributed by atoms with van der Waals surface area (Å²) in [4.78, 5) is 12.5. The number of carbonyl (C=O) groups excluding carboxylic acids is 1. The van der Waals surface area contributed by atoms with E-state index in [0.717, 1.165) is 0 Å². The summed E-state index contributed by atoms with van der Waals surface area (Å²) in [6.07, 6.45) is 2.03. The number of fused-ring (bicyclic) bond motifs is 1. The molecule has 4 rings (SSSR count). The van der Waals surface area contributed by atoms with Gasteiger partial charge in [-0.1, -0.05) is 18.2 Å². The SMILES string of the molecule is O=C(NCCc1ccccc1F)c1ccc2nnc(-c3ccc(F)cc3)n2c1. The molecule has 0 unspecified atom stereocenters. The molecule has 28 heavy (non-hydrogen) atoms. The first kappa shape index (κ1) is 17.8. The molecular weight excluding hydrogens is 362 g/mol. The highest BCUT2D eigenvalue weighted by Gasteiger charge is 2.12. The lowest BCUT2D eigenvalue weighted by Gasteiger charge is -2.07. The van der Waals surface area contributed by atoms with Crippen LogP contribution in [0.25, 0.3) is 17.0 Å². The maximum Gasteiger partial charge on any atom is 0.252 e. The summed E-state index contributed by atoms with van der Waals surface area (Å²) in [7, 11) is 0. The van der Waals surface area contributed by atoms with E-state index in [4.69, 9.17) is 0 Å². The fraction of sp³-hybridized carbons (Fsp3) is 0.0952. The Labute approximate surface area is 159 Å². The number of hydrogen-bond acceptors (Lipinski definition) is 3. The smallest absolute Gasteiger partial charge is 0.252 e. The van der Waals surface area contributed by atoms with E-state index in [9.17, 15) is 13.6 Å². The van der Waals surface area contributed by atoms with Crippen LogP contribution in [-0.4, -0.2) is 27.0 Å². The lowest BCUT2D eigenvalue weighted by Crippen LogP contribution is -2.26. The number of rotatable bonds is 5. The van der Waals surface area contributed by atoms with Gasteiger partial charge in [-0.3, -0.25) is 9.20 Å². The molecule has 2 aromatic carbocycles. The third-order valence-electron chi connectivity index (χ3n) is 4.40. The first-order valence-corrected chi connectivity index (χ1v) is 8.74. The Balaban J connectivity index is 1.52. The number of pyridine rings is 1. The number of amides is 1. The predicted molar refractivity (Wildman–Crippen MR) is 101 cm³/mol. The van der Waals surface area contributed by atoms with Crippen LogP contribution >= 0.6 is 0 Å². The number of nitrogens with one attached hydrogen (secondary N) is 1. The highest BCUT2D eigenvalue weighted by molar-refractivity contribution is 5.94. The van der Waals surface area contributed by atoms with Gasteiger partial charge >= 0.3 is 0 Å². The van der Waals surface area contributed by atoms with E-state index in [-0.39, 0.29) is 17.5 Å². The van der Waals surface area contributed by atoms with Crippen molar-refractivity contribution in [3.8, 4) is 11.4 Å². The van der Waals surface area contributed by atoms with Gasteiger partial charge in [-0.15, -0.1) is 10.2 Å². The van der Waals surface area contributed by atoms with Gasteiger partial charge in [0.15, 0.2) is 11.5 Å². The Kier molecular flexibility index (Phi) is 4.80. The molecule has 5 nitrogen and oxygen atoms in total. The van der Waals surface area contributed by atoms with Gasteiger partial charge in [0, 0.05) is 18.3 Å². The molecule has 140 valence electrons. The molecule has 0 saturated heterocycles. The van der Waals surface area contributed by atoms with Crippen LogP contribution < -0.4 is 5.32 Å². The standard InChI is InChI=1S/C21H16F2N4O/c22-17-8-5-15(6-9-17)20-26-25-19-10-7-16(13-27(19)20)21(28)24-12-11-14-3-1-2-4-18(14)23/h1-10,13H,11-12H2,(H,24,28). The van der Waals surface area contributed by atoms with Crippen LogP contribution in [0.3, 0.4) is 0 Å². The Morgan fingerprint density at radius 2 is 1.75 bits per heavy atom. The third-order valence-corrected chi connectivity index (χ3v) is 4.40. The topological polar surface area (TPSA) is 59.3 Å². The third kappa shape index (κ3) is 3.59. The van der Waals surface area contributed by atoms with Crippen molar-refractivity contribution in [2.75, 3.05) is 6.54 Å². The highest BCUT2D eigenvalue weighted by Crippen LogP contribution is 2.19. The molecule has 0 spiro atoms. The molecule has 0 aliphatic heterocycles. The summed E-state index contributed by atoms with van der Waals surface area (Å²) in [6, 6.07) is 15.7. The zero-order chi connectivity index (χ0) is 19.5.